The average molecular weight is 674 g/mol. The number of rotatable bonds is 13. The first-order valence-electron chi connectivity index (χ1n) is 15.0. The zero-order valence-corrected chi connectivity index (χ0v) is 27.6. The van der Waals surface area contributed by atoms with Gasteiger partial charge in [-0.25, -0.2) is 4.21 Å². The highest BCUT2D eigenvalue weighted by Gasteiger charge is 2.56. The van der Waals surface area contributed by atoms with Crippen molar-refractivity contribution >= 4 is 46.3 Å². The number of carboxylic acids is 1. The summed E-state index contributed by atoms with van der Waals surface area (Å²) in [6.45, 7) is 1.94. The number of halogens is 2. The van der Waals surface area contributed by atoms with Crippen molar-refractivity contribution in [2.24, 2.45) is 11.3 Å². The van der Waals surface area contributed by atoms with Gasteiger partial charge in [0.25, 0.3) is 0 Å². The van der Waals surface area contributed by atoms with E-state index in [4.69, 9.17) is 27.9 Å². The lowest BCUT2D eigenvalue weighted by atomic mass is 9.66. The summed E-state index contributed by atoms with van der Waals surface area (Å²) >= 11 is 10.4. The van der Waals surface area contributed by atoms with E-state index in [0.29, 0.717) is 28.6 Å². The third kappa shape index (κ3) is 7.39. The fourth-order valence-corrected chi connectivity index (χ4v) is 8.19. The van der Waals surface area contributed by atoms with E-state index in [1.807, 2.05) is 54.6 Å². The Morgan fingerprint density at radius 2 is 1.80 bits per heavy atom. The maximum Gasteiger partial charge on any atom is 0.304 e. The molecule has 1 saturated heterocycles. The summed E-state index contributed by atoms with van der Waals surface area (Å²) in [5.74, 6) is -0.965. The Morgan fingerprint density at radius 3 is 2.42 bits per heavy atom. The molecule has 1 aliphatic heterocycles. The van der Waals surface area contributed by atoms with Crippen LogP contribution in [0.5, 0.6) is 5.75 Å². The summed E-state index contributed by atoms with van der Waals surface area (Å²) < 4.78 is 31.4. The molecule has 11 heteroatoms. The van der Waals surface area contributed by atoms with Gasteiger partial charge < -0.3 is 15.2 Å². The van der Waals surface area contributed by atoms with Gasteiger partial charge >= 0.3 is 5.97 Å². The lowest BCUT2D eigenvalue weighted by Gasteiger charge is -2.49. The van der Waals surface area contributed by atoms with E-state index in [2.05, 4.69) is 5.32 Å². The van der Waals surface area contributed by atoms with Crippen LogP contribution < -0.4 is 10.1 Å². The number of carboxylic acid groups (broad SMARTS) is 1. The number of methoxy groups -OCH3 is 1. The fraction of sp³-hybridized carbons (Fsp3) is 0.412. The molecule has 1 aliphatic carbocycles. The SMILES string of the molecule is COc1cccc(CCN(S(=O)O)[C@](C[C@@H]2NC(=O)[C@](C)(CC(=O)O)C[C@@H]2c2cccc(Cl)c2)(c2ccc(Cl)cc2)C2CC2)c1. The summed E-state index contributed by atoms with van der Waals surface area (Å²) in [5, 5.41) is 14.0. The van der Waals surface area contributed by atoms with Crippen LogP contribution in [0.25, 0.3) is 0 Å². The van der Waals surface area contributed by atoms with Crippen molar-refractivity contribution in [1.82, 2.24) is 9.62 Å². The standard InChI is InChI=1S/C34H38Cl2N2O6S/c1-33(21-31(39)40)19-29(23-6-4-7-27(36)18-23)30(37-32(33)41)20-34(24-9-10-24,25-11-13-26(35)14-12-25)38(45(42)43)16-15-22-5-3-8-28(17-22)44-2/h3-8,11-14,17-18,24,29-30H,9-10,15-16,19-21H2,1-2H3,(H,37,41)(H,39,40)(H,42,43)/t29-,30+,33+,34+/m1/s1. The number of hydrogen-bond donors (Lipinski definition) is 3. The van der Waals surface area contributed by atoms with Crippen molar-refractivity contribution in [1.29, 1.82) is 0 Å². The number of nitrogens with one attached hydrogen (secondary N) is 1. The van der Waals surface area contributed by atoms with Crippen molar-refractivity contribution in [3.8, 4) is 5.75 Å². The molecule has 0 radical (unpaired) electrons. The van der Waals surface area contributed by atoms with Gasteiger partial charge in [0, 0.05) is 28.5 Å². The van der Waals surface area contributed by atoms with Crippen molar-refractivity contribution in [3.63, 3.8) is 0 Å². The Hall–Kier alpha value is -2.95. The van der Waals surface area contributed by atoms with Gasteiger partial charge in [-0.2, -0.15) is 4.31 Å². The predicted molar refractivity (Wildman–Crippen MR) is 176 cm³/mol. The second-order valence-electron chi connectivity index (χ2n) is 12.4. The fourth-order valence-electron chi connectivity index (χ4n) is 7.01. The van der Waals surface area contributed by atoms with Crippen LogP contribution in [0.15, 0.2) is 72.8 Å². The second-order valence-corrected chi connectivity index (χ2v) is 14.2. The van der Waals surface area contributed by atoms with Gasteiger partial charge in [-0.15, -0.1) is 0 Å². The van der Waals surface area contributed by atoms with Crippen molar-refractivity contribution in [3.05, 3.63) is 99.5 Å². The zero-order chi connectivity index (χ0) is 32.4. The normalized spacial score (nSPS) is 23.6. The summed E-state index contributed by atoms with van der Waals surface area (Å²) in [4.78, 5) is 25.5. The Balaban J connectivity index is 1.60. The molecule has 1 heterocycles. The molecule has 5 rings (SSSR count). The van der Waals surface area contributed by atoms with E-state index in [1.165, 1.54) is 0 Å². The van der Waals surface area contributed by atoms with E-state index in [-0.39, 0.29) is 37.1 Å². The topological polar surface area (TPSA) is 116 Å². The number of carbonyl (C=O) groups is 2. The van der Waals surface area contributed by atoms with Crippen molar-refractivity contribution in [2.45, 2.75) is 62.9 Å². The second kappa shape index (κ2) is 13.8. The molecule has 5 atom stereocenters. The molecule has 2 fully saturated rings. The van der Waals surface area contributed by atoms with Crippen LogP contribution in [0.4, 0.5) is 0 Å². The third-order valence-corrected chi connectivity index (χ3v) is 10.7. The van der Waals surface area contributed by atoms with Crippen LogP contribution in [0, 0.1) is 11.3 Å². The molecule has 3 aromatic rings. The van der Waals surface area contributed by atoms with Crippen LogP contribution in [0.1, 0.15) is 61.6 Å². The quantitative estimate of drug-likeness (QED) is 0.171. The average Bonchev–Trinajstić information content (AvgIpc) is 3.84. The minimum atomic E-state index is -2.38. The highest BCUT2D eigenvalue weighted by Crippen LogP contribution is 2.55. The molecule has 45 heavy (non-hydrogen) atoms. The molecule has 3 N–H and O–H groups in total. The molecule has 1 amide bonds. The number of carbonyl (C=O) groups excluding carboxylic acids is 1. The zero-order valence-electron chi connectivity index (χ0n) is 25.2. The highest BCUT2D eigenvalue weighted by molar-refractivity contribution is 7.76. The molecular weight excluding hydrogens is 635 g/mol. The molecular formula is C34H38Cl2N2O6S. The Kier molecular flexibility index (Phi) is 10.3. The van der Waals surface area contributed by atoms with Gasteiger partial charge in [0.05, 0.1) is 24.5 Å². The Bertz CT molecular complexity index is 1570. The summed E-state index contributed by atoms with van der Waals surface area (Å²) in [6, 6.07) is 21.9. The lowest BCUT2D eigenvalue weighted by Crippen LogP contribution is -2.59. The molecule has 0 aromatic heterocycles. The predicted octanol–water partition coefficient (Wildman–Crippen LogP) is 6.83. The van der Waals surface area contributed by atoms with E-state index in [0.717, 1.165) is 29.5 Å². The maximum atomic E-state index is 13.7. The van der Waals surface area contributed by atoms with Gasteiger partial charge in [0.2, 0.25) is 17.2 Å². The van der Waals surface area contributed by atoms with Gasteiger partial charge in [0.15, 0.2) is 0 Å². The van der Waals surface area contributed by atoms with E-state index in [9.17, 15) is 23.5 Å². The van der Waals surface area contributed by atoms with Crippen LogP contribution in [-0.4, -0.2) is 49.7 Å². The molecule has 0 spiro atoms. The Labute approximate surface area is 276 Å². The number of ether oxygens (including phenoxy) is 1. The summed E-state index contributed by atoms with van der Waals surface area (Å²) in [7, 11) is 1.60. The molecule has 8 nitrogen and oxygen atoms in total. The monoisotopic (exact) mass is 672 g/mol. The highest BCUT2D eigenvalue weighted by atomic mass is 35.5. The minimum Gasteiger partial charge on any atom is -0.497 e. The number of hydrogen-bond acceptors (Lipinski definition) is 4. The molecule has 3 aromatic carbocycles. The molecule has 240 valence electrons. The van der Waals surface area contributed by atoms with Gasteiger partial charge in [-0.05, 0) is 91.1 Å². The number of aliphatic carboxylic acids is 1. The van der Waals surface area contributed by atoms with Crippen LogP contribution in [-0.2, 0) is 32.8 Å². The van der Waals surface area contributed by atoms with Crippen LogP contribution in [0.3, 0.4) is 0 Å². The lowest BCUT2D eigenvalue weighted by molar-refractivity contribution is -0.147. The minimum absolute atomic E-state index is 0.0318. The first kappa shape index (κ1) is 33.4. The number of amides is 1. The number of nitrogens with zero attached hydrogens (tertiary/aromatic N) is 1. The van der Waals surface area contributed by atoms with E-state index in [1.54, 1.807) is 36.5 Å². The third-order valence-electron chi connectivity index (χ3n) is 9.34. The molecule has 2 aliphatic rings. The van der Waals surface area contributed by atoms with Gasteiger partial charge in [0.1, 0.15) is 5.75 Å². The van der Waals surface area contributed by atoms with Crippen molar-refractivity contribution in [2.75, 3.05) is 13.7 Å². The number of piperidine rings is 1. The molecule has 1 unspecified atom stereocenters. The Morgan fingerprint density at radius 1 is 1.09 bits per heavy atom. The molecule has 1 saturated carbocycles. The summed E-state index contributed by atoms with van der Waals surface area (Å²) in [6.07, 6.45) is 2.45. The largest absolute Gasteiger partial charge is 0.497 e. The van der Waals surface area contributed by atoms with E-state index < -0.39 is 34.2 Å². The first-order valence-corrected chi connectivity index (χ1v) is 16.8. The first-order chi connectivity index (χ1) is 21.4. The van der Waals surface area contributed by atoms with Crippen LogP contribution >= 0.6 is 23.2 Å². The van der Waals surface area contributed by atoms with Crippen LogP contribution in [0.2, 0.25) is 10.0 Å². The smallest absolute Gasteiger partial charge is 0.304 e. The van der Waals surface area contributed by atoms with Gasteiger partial charge in [-0.3, -0.25) is 14.1 Å². The number of benzene rings is 3. The van der Waals surface area contributed by atoms with E-state index >= 15 is 0 Å². The van der Waals surface area contributed by atoms with Gasteiger partial charge in [-0.1, -0.05) is 66.5 Å². The summed E-state index contributed by atoms with van der Waals surface area (Å²) in [5.41, 5.74) is 0.568. The maximum absolute atomic E-state index is 13.7. The molecule has 0 bridgehead atoms. The van der Waals surface area contributed by atoms with Crippen molar-refractivity contribution < 1.29 is 28.2 Å².